The van der Waals surface area contributed by atoms with Crippen molar-refractivity contribution in [2.24, 2.45) is 0 Å². The standard InChI is InChI=1S/C14H15Cl2NO2S/c1-9(18)20-11-7-14(19)17(8-11)5-4-10-2-3-12(15)13(16)6-10/h2-3,6,11H,4-5,7-8H2,1H3. The highest BCUT2D eigenvalue weighted by Gasteiger charge is 2.30. The molecule has 1 fully saturated rings. The highest BCUT2D eigenvalue weighted by atomic mass is 35.5. The van der Waals surface area contributed by atoms with Gasteiger partial charge in [0.05, 0.1) is 10.0 Å². The number of nitrogens with zero attached hydrogens (tertiary/aromatic N) is 1. The largest absolute Gasteiger partial charge is 0.341 e. The molecule has 0 saturated carbocycles. The molecule has 0 spiro atoms. The van der Waals surface area contributed by atoms with Crippen molar-refractivity contribution in [3.05, 3.63) is 33.8 Å². The molecule has 0 aromatic heterocycles. The van der Waals surface area contributed by atoms with Crippen LogP contribution in [-0.4, -0.2) is 34.3 Å². The van der Waals surface area contributed by atoms with Gasteiger partial charge in [-0.1, -0.05) is 41.0 Å². The summed E-state index contributed by atoms with van der Waals surface area (Å²) < 4.78 is 0. The van der Waals surface area contributed by atoms with Crippen LogP contribution >= 0.6 is 35.0 Å². The molecule has 1 aromatic carbocycles. The number of likely N-dealkylation sites (tertiary alicyclic amines) is 1. The van der Waals surface area contributed by atoms with Crippen LogP contribution in [-0.2, 0) is 16.0 Å². The normalized spacial score (nSPS) is 18.6. The van der Waals surface area contributed by atoms with Crippen molar-refractivity contribution in [1.29, 1.82) is 0 Å². The minimum Gasteiger partial charge on any atom is -0.341 e. The quantitative estimate of drug-likeness (QED) is 0.848. The molecule has 0 radical (unpaired) electrons. The van der Waals surface area contributed by atoms with E-state index >= 15 is 0 Å². The van der Waals surface area contributed by atoms with Crippen LogP contribution in [0.3, 0.4) is 0 Å². The van der Waals surface area contributed by atoms with Gasteiger partial charge in [0.25, 0.3) is 0 Å². The first-order valence-corrected chi connectivity index (χ1v) is 7.98. The highest BCUT2D eigenvalue weighted by Crippen LogP contribution is 2.25. The molecular weight excluding hydrogens is 317 g/mol. The molecule has 1 unspecified atom stereocenters. The van der Waals surface area contributed by atoms with Crippen molar-refractivity contribution in [2.45, 2.75) is 25.0 Å². The molecule has 1 saturated heterocycles. The van der Waals surface area contributed by atoms with Gasteiger partial charge in [-0.25, -0.2) is 0 Å². The van der Waals surface area contributed by atoms with E-state index in [2.05, 4.69) is 0 Å². The van der Waals surface area contributed by atoms with Gasteiger partial charge in [-0.15, -0.1) is 0 Å². The van der Waals surface area contributed by atoms with Crippen molar-refractivity contribution in [2.75, 3.05) is 13.1 Å². The van der Waals surface area contributed by atoms with Gasteiger partial charge in [0, 0.05) is 31.7 Å². The van der Waals surface area contributed by atoms with E-state index in [0.717, 1.165) is 12.0 Å². The second-order valence-electron chi connectivity index (χ2n) is 4.77. The van der Waals surface area contributed by atoms with Crippen molar-refractivity contribution >= 4 is 46.0 Å². The average Bonchev–Trinajstić information content (AvgIpc) is 2.70. The lowest BCUT2D eigenvalue weighted by molar-refractivity contribution is -0.127. The fourth-order valence-corrected chi connectivity index (χ4v) is 3.50. The topological polar surface area (TPSA) is 37.4 Å². The molecule has 6 heteroatoms. The maximum Gasteiger partial charge on any atom is 0.223 e. The van der Waals surface area contributed by atoms with Gasteiger partial charge in [-0.05, 0) is 24.1 Å². The Morgan fingerprint density at radius 3 is 2.80 bits per heavy atom. The average molecular weight is 332 g/mol. The lowest BCUT2D eigenvalue weighted by Crippen LogP contribution is -2.27. The molecule has 1 aromatic rings. The molecule has 20 heavy (non-hydrogen) atoms. The fourth-order valence-electron chi connectivity index (χ4n) is 2.22. The van der Waals surface area contributed by atoms with Crippen molar-refractivity contribution in [3.63, 3.8) is 0 Å². The smallest absolute Gasteiger partial charge is 0.223 e. The lowest BCUT2D eigenvalue weighted by Gasteiger charge is -2.16. The van der Waals surface area contributed by atoms with E-state index < -0.39 is 0 Å². The molecule has 1 heterocycles. The molecule has 0 aliphatic carbocycles. The SMILES string of the molecule is CC(=O)SC1CC(=O)N(CCc2ccc(Cl)c(Cl)c2)C1. The van der Waals surface area contributed by atoms with E-state index in [4.69, 9.17) is 23.2 Å². The second-order valence-corrected chi connectivity index (χ2v) is 7.07. The Morgan fingerprint density at radius 1 is 1.40 bits per heavy atom. The third-order valence-corrected chi connectivity index (χ3v) is 4.89. The number of rotatable bonds is 4. The summed E-state index contributed by atoms with van der Waals surface area (Å²) >= 11 is 13.1. The first-order chi connectivity index (χ1) is 9.45. The summed E-state index contributed by atoms with van der Waals surface area (Å²) in [5, 5.41) is 1.22. The molecule has 0 bridgehead atoms. The molecule has 1 amide bonds. The number of hydrogen-bond acceptors (Lipinski definition) is 3. The van der Waals surface area contributed by atoms with Crippen LogP contribution in [0.25, 0.3) is 0 Å². The Hall–Kier alpha value is -0.710. The minimum atomic E-state index is 0.0640. The zero-order valence-electron chi connectivity index (χ0n) is 11.1. The summed E-state index contributed by atoms with van der Waals surface area (Å²) in [6.45, 7) is 2.82. The first kappa shape index (κ1) is 15.7. The van der Waals surface area contributed by atoms with Crippen LogP contribution in [0.4, 0.5) is 0 Å². The van der Waals surface area contributed by atoms with Gasteiger partial charge >= 0.3 is 0 Å². The van der Waals surface area contributed by atoms with E-state index in [1.807, 2.05) is 17.0 Å². The van der Waals surface area contributed by atoms with E-state index in [9.17, 15) is 9.59 Å². The summed E-state index contributed by atoms with van der Waals surface area (Å²) in [5.41, 5.74) is 1.05. The number of amides is 1. The molecule has 108 valence electrons. The number of carbonyl (C=O) groups excluding carboxylic acids is 2. The summed E-state index contributed by atoms with van der Waals surface area (Å²) in [6.07, 6.45) is 1.19. The van der Waals surface area contributed by atoms with E-state index in [1.165, 1.54) is 18.7 Å². The third kappa shape index (κ3) is 4.14. The van der Waals surface area contributed by atoms with Crippen LogP contribution in [0, 0.1) is 0 Å². The summed E-state index contributed by atoms with van der Waals surface area (Å²) in [6, 6.07) is 5.50. The Morgan fingerprint density at radius 2 is 2.15 bits per heavy atom. The summed E-state index contributed by atoms with van der Waals surface area (Å²) in [5.74, 6) is 0.115. The van der Waals surface area contributed by atoms with Crippen molar-refractivity contribution < 1.29 is 9.59 Å². The van der Waals surface area contributed by atoms with Crippen LogP contribution in [0.1, 0.15) is 18.9 Å². The van der Waals surface area contributed by atoms with Crippen LogP contribution in [0.15, 0.2) is 18.2 Å². The van der Waals surface area contributed by atoms with E-state index in [1.54, 1.807) is 6.07 Å². The van der Waals surface area contributed by atoms with Gasteiger partial charge in [-0.3, -0.25) is 9.59 Å². The Bertz CT molecular complexity index is 536. The molecule has 0 N–H and O–H groups in total. The zero-order valence-corrected chi connectivity index (χ0v) is 13.4. The molecule has 1 atom stereocenters. The Labute approximate surface area is 132 Å². The van der Waals surface area contributed by atoms with Crippen LogP contribution in [0.2, 0.25) is 10.0 Å². The van der Waals surface area contributed by atoms with Gasteiger partial charge in [0.2, 0.25) is 5.91 Å². The number of halogens is 2. The Kier molecular flexibility index (Phi) is 5.35. The molecular formula is C14H15Cl2NO2S. The third-order valence-electron chi connectivity index (χ3n) is 3.17. The number of hydrogen-bond donors (Lipinski definition) is 0. The van der Waals surface area contributed by atoms with Gasteiger partial charge in [0.15, 0.2) is 5.12 Å². The maximum absolute atomic E-state index is 11.9. The number of benzene rings is 1. The molecule has 1 aliphatic heterocycles. The Balaban J connectivity index is 1.89. The number of carbonyl (C=O) groups is 2. The summed E-state index contributed by atoms with van der Waals surface area (Å²) in [4.78, 5) is 24.7. The fraction of sp³-hybridized carbons (Fsp3) is 0.429. The summed E-state index contributed by atoms with van der Waals surface area (Å²) in [7, 11) is 0. The highest BCUT2D eigenvalue weighted by molar-refractivity contribution is 8.14. The molecule has 1 aliphatic rings. The molecule has 3 nitrogen and oxygen atoms in total. The second kappa shape index (κ2) is 6.83. The van der Waals surface area contributed by atoms with Gasteiger partial charge in [0.1, 0.15) is 0 Å². The predicted octanol–water partition coefficient (Wildman–Crippen LogP) is 3.42. The lowest BCUT2D eigenvalue weighted by atomic mass is 10.1. The van der Waals surface area contributed by atoms with Crippen LogP contribution < -0.4 is 0 Å². The number of thioether (sulfide) groups is 1. The van der Waals surface area contributed by atoms with E-state index in [0.29, 0.717) is 29.6 Å². The monoisotopic (exact) mass is 331 g/mol. The van der Waals surface area contributed by atoms with Crippen LogP contribution in [0.5, 0.6) is 0 Å². The van der Waals surface area contributed by atoms with Gasteiger partial charge < -0.3 is 4.90 Å². The minimum absolute atomic E-state index is 0.0640. The predicted molar refractivity (Wildman–Crippen MR) is 83.4 cm³/mol. The van der Waals surface area contributed by atoms with Crippen molar-refractivity contribution in [3.8, 4) is 0 Å². The maximum atomic E-state index is 11.9. The van der Waals surface area contributed by atoms with E-state index in [-0.39, 0.29) is 16.3 Å². The zero-order chi connectivity index (χ0) is 14.7. The first-order valence-electron chi connectivity index (χ1n) is 6.34. The van der Waals surface area contributed by atoms with Crippen molar-refractivity contribution in [1.82, 2.24) is 4.90 Å². The van der Waals surface area contributed by atoms with Gasteiger partial charge in [-0.2, -0.15) is 0 Å². The molecule has 2 rings (SSSR count).